The number of hydrogen-bond acceptors (Lipinski definition) is 5. The molecule has 0 saturated carbocycles. The van der Waals surface area contributed by atoms with E-state index in [0.29, 0.717) is 38.2 Å². The molecule has 1 N–H and O–H groups in total. The Balaban J connectivity index is 1.32. The van der Waals surface area contributed by atoms with Crippen molar-refractivity contribution in [1.29, 1.82) is 0 Å². The molecule has 33 heavy (non-hydrogen) atoms. The normalized spacial score (nSPS) is 18.9. The first-order valence-corrected chi connectivity index (χ1v) is 11.0. The number of aryl methyl sites for hydroxylation is 1. The maximum Gasteiger partial charge on any atom is 0.271 e. The van der Waals surface area contributed by atoms with Gasteiger partial charge in [0, 0.05) is 49.8 Å². The predicted octanol–water partition coefficient (Wildman–Crippen LogP) is 3.13. The molecular weight excluding hydrogens is 424 g/mol. The predicted molar refractivity (Wildman–Crippen MR) is 123 cm³/mol. The van der Waals surface area contributed by atoms with Crippen LogP contribution in [-0.4, -0.2) is 47.2 Å². The van der Waals surface area contributed by atoms with Crippen LogP contribution in [-0.2, 0) is 14.4 Å². The molecule has 2 aliphatic heterocycles. The van der Waals surface area contributed by atoms with Gasteiger partial charge in [0.2, 0.25) is 17.7 Å². The van der Waals surface area contributed by atoms with Crippen LogP contribution in [0.15, 0.2) is 48.5 Å². The van der Waals surface area contributed by atoms with Gasteiger partial charge in [0.1, 0.15) is 0 Å². The third-order valence-electron chi connectivity index (χ3n) is 6.41. The van der Waals surface area contributed by atoms with Crippen LogP contribution < -0.4 is 10.2 Å². The van der Waals surface area contributed by atoms with E-state index < -0.39 is 4.92 Å². The van der Waals surface area contributed by atoms with E-state index in [1.807, 2.05) is 30.3 Å². The number of carbonyl (C=O) groups excluding carboxylic acids is 3. The number of rotatable bonds is 5. The third kappa shape index (κ3) is 4.87. The van der Waals surface area contributed by atoms with E-state index >= 15 is 0 Å². The molecule has 2 aromatic carbocycles. The Morgan fingerprint density at radius 2 is 1.76 bits per heavy atom. The first-order chi connectivity index (χ1) is 15.8. The molecule has 0 aromatic heterocycles. The van der Waals surface area contributed by atoms with Crippen LogP contribution in [0.5, 0.6) is 0 Å². The molecule has 3 amide bonds. The highest BCUT2D eigenvalue weighted by Gasteiger charge is 2.38. The molecule has 2 saturated heterocycles. The number of amides is 3. The zero-order chi connectivity index (χ0) is 23.5. The Morgan fingerprint density at radius 1 is 1.06 bits per heavy atom. The summed E-state index contributed by atoms with van der Waals surface area (Å²) >= 11 is 0. The van der Waals surface area contributed by atoms with Crippen molar-refractivity contribution in [2.45, 2.75) is 26.2 Å². The van der Waals surface area contributed by atoms with Gasteiger partial charge in [0.05, 0.1) is 16.5 Å². The summed E-state index contributed by atoms with van der Waals surface area (Å²) in [5.41, 5.74) is 1.89. The van der Waals surface area contributed by atoms with Gasteiger partial charge >= 0.3 is 0 Å². The number of nitro benzene ring substituents is 1. The van der Waals surface area contributed by atoms with E-state index in [4.69, 9.17) is 0 Å². The van der Waals surface area contributed by atoms with E-state index in [1.54, 1.807) is 22.8 Å². The number of anilines is 2. The highest BCUT2D eigenvalue weighted by molar-refractivity contribution is 6.00. The second kappa shape index (κ2) is 9.40. The molecule has 1 unspecified atom stereocenters. The minimum atomic E-state index is -0.494. The molecule has 2 aromatic rings. The second-order valence-electron chi connectivity index (χ2n) is 8.59. The fourth-order valence-electron chi connectivity index (χ4n) is 4.44. The summed E-state index contributed by atoms with van der Waals surface area (Å²) < 4.78 is 0. The zero-order valence-electron chi connectivity index (χ0n) is 18.4. The number of likely N-dealkylation sites (tertiary alicyclic amines) is 1. The Kier molecular flexibility index (Phi) is 6.39. The summed E-state index contributed by atoms with van der Waals surface area (Å²) in [6, 6.07) is 13.7. The highest BCUT2D eigenvalue weighted by Crippen LogP contribution is 2.29. The summed E-state index contributed by atoms with van der Waals surface area (Å²) in [6.07, 6.45) is 1.21. The lowest BCUT2D eigenvalue weighted by Gasteiger charge is -2.33. The SMILES string of the molecule is Cc1ccc([N+](=O)[O-])cc1NC(=O)C1CCN(C(=O)C2CC(=O)N(c3ccccc3)C2)CC1. The lowest BCUT2D eigenvalue weighted by molar-refractivity contribution is -0.384. The number of non-ortho nitro benzene ring substituents is 1. The van der Waals surface area contributed by atoms with Gasteiger partial charge in [-0.05, 0) is 37.5 Å². The van der Waals surface area contributed by atoms with Crippen LogP contribution >= 0.6 is 0 Å². The lowest BCUT2D eigenvalue weighted by Crippen LogP contribution is -2.44. The molecule has 2 fully saturated rings. The van der Waals surface area contributed by atoms with Crippen molar-refractivity contribution in [2.75, 3.05) is 29.9 Å². The number of para-hydroxylation sites is 1. The molecule has 9 nitrogen and oxygen atoms in total. The number of nitrogens with one attached hydrogen (secondary N) is 1. The molecule has 0 aliphatic carbocycles. The quantitative estimate of drug-likeness (QED) is 0.555. The van der Waals surface area contributed by atoms with Crippen LogP contribution in [0.1, 0.15) is 24.8 Å². The highest BCUT2D eigenvalue weighted by atomic mass is 16.6. The lowest BCUT2D eigenvalue weighted by atomic mass is 9.94. The maximum absolute atomic E-state index is 13.0. The van der Waals surface area contributed by atoms with Crippen molar-refractivity contribution in [2.24, 2.45) is 11.8 Å². The number of hydrogen-bond donors (Lipinski definition) is 1. The first-order valence-electron chi connectivity index (χ1n) is 11.0. The van der Waals surface area contributed by atoms with E-state index in [2.05, 4.69) is 5.32 Å². The Labute approximate surface area is 191 Å². The van der Waals surface area contributed by atoms with Crippen molar-refractivity contribution < 1.29 is 19.3 Å². The Hall–Kier alpha value is -3.75. The standard InChI is InChI=1S/C24H26N4O5/c1-16-7-8-20(28(32)33)14-21(16)25-23(30)17-9-11-26(12-10-17)24(31)18-13-22(29)27(15-18)19-5-3-2-4-6-19/h2-8,14,17-18H,9-13,15H2,1H3,(H,25,30). The Bertz CT molecular complexity index is 1080. The summed E-state index contributed by atoms with van der Waals surface area (Å²) in [4.78, 5) is 52.1. The van der Waals surface area contributed by atoms with Crippen molar-refractivity contribution in [1.82, 2.24) is 4.90 Å². The molecule has 2 heterocycles. The van der Waals surface area contributed by atoms with Crippen molar-refractivity contribution in [3.05, 3.63) is 64.2 Å². The largest absolute Gasteiger partial charge is 0.342 e. The smallest absolute Gasteiger partial charge is 0.271 e. The summed E-state index contributed by atoms with van der Waals surface area (Å²) in [7, 11) is 0. The molecule has 172 valence electrons. The second-order valence-corrected chi connectivity index (χ2v) is 8.59. The summed E-state index contributed by atoms with van der Waals surface area (Å²) in [5.74, 6) is -0.956. The Morgan fingerprint density at radius 3 is 2.42 bits per heavy atom. The van der Waals surface area contributed by atoms with Crippen LogP contribution in [0.4, 0.5) is 17.1 Å². The number of benzene rings is 2. The van der Waals surface area contributed by atoms with E-state index in [9.17, 15) is 24.5 Å². The molecular formula is C24H26N4O5. The molecule has 0 radical (unpaired) electrons. The maximum atomic E-state index is 13.0. The number of nitrogens with zero attached hydrogens (tertiary/aromatic N) is 3. The van der Waals surface area contributed by atoms with Gasteiger partial charge in [-0.3, -0.25) is 24.5 Å². The molecule has 0 bridgehead atoms. The number of carbonyl (C=O) groups is 3. The van der Waals surface area contributed by atoms with Crippen LogP contribution in [0.2, 0.25) is 0 Å². The van der Waals surface area contributed by atoms with Crippen LogP contribution in [0.3, 0.4) is 0 Å². The zero-order valence-corrected chi connectivity index (χ0v) is 18.4. The van der Waals surface area contributed by atoms with Crippen LogP contribution in [0, 0.1) is 28.9 Å². The molecule has 4 rings (SSSR count). The average Bonchev–Trinajstić information content (AvgIpc) is 3.22. The van der Waals surface area contributed by atoms with Gasteiger partial charge in [-0.1, -0.05) is 24.3 Å². The molecule has 0 spiro atoms. The topological polar surface area (TPSA) is 113 Å². The van der Waals surface area contributed by atoms with Crippen molar-refractivity contribution in [3.63, 3.8) is 0 Å². The molecule has 1 atom stereocenters. The third-order valence-corrected chi connectivity index (χ3v) is 6.41. The number of piperidine rings is 1. The van der Waals surface area contributed by atoms with Gasteiger partial charge < -0.3 is 15.1 Å². The van der Waals surface area contributed by atoms with E-state index in [0.717, 1.165) is 11.3 Å². The van der Waals surface area contributed by atoms with Gasteiger partial charge in [-0.2, -0.15) is 0 Å². The summed E-state index contributed by atoms with van der Waals surface area (Å²) in [6.45, 7) is 3.04. The van der Waals surface area contributed by atoms with E-state index in [-0.39, 0.29) is 41.7 Å². The van der Waals surface area contributed by atoms with Crippen LogP contribution in [0.25, 0.3) is 0 Å². The van der Waals surface area contributed by atoms with E-state index in [1.165, 1.54) is 12.1 Å². The van der Waals surface area contributed by atoms with Gasteiger partial charge in [-0.25, -0.2) is 0 Å². The fraction of sp³-hybridized carbons (Fsp3) is 0.375. The summed E-state index contributed by atoms with van der Waals surface area (Å²) in [5, 5.41) is 13.8. The van der Waals surface area contributed by atoms with Gasteiger partial charge in [-0.15, -0.1) is 0 Å². The minimum absolute atomic E-state index is 0.0461. The monoisotopic (exact) mass is 450 g/mol. The van der Waals surface area contributed by atoms with Crippen molar-refractivity contribution >= 4 is 34.8 Å². The minimum Gasteiger partial charge on any atom is -0.342 e. The molecule has 2 aliphatic rings. The first kappa shape index (κ1) is 22.4. The molecule has 9 heteroatoms. The van der Waals surface area contributed by atoms with Gasteiger partial charge in [0.25, 0.3) is 5.69 Å². The fourth-order valence-corrected chi connectivity index (χ4v) is 4.44. The van der Waals surface area contributed by atoms with Crippen molar-refractivity contribution in [3.8, 4) is 0 Å². The average molecular weight is 450 g/mol. The van der Waals surface area contributed by atoms with Gasteiger partial charge in [0.15, 0.2) is 0 Å². The number of nitro groups is 1.